The molecular weight excluding hydrogens is 621 g/mol. The number of amides is 3. The van der Waals surface area contributed by atoms with Gasteiger partial charge in [0.2, 0.25) is 17.8 Å². The third-order valence-corrected chi connectivity index (χ3v) is 8.75. The van der Waals surface area contributed by atoms with E-state index in [9.17, 15) is 18.8 Å². The van der Waals surface area contributed by atoms with Gasteiger partial charge in [0, 0.05) is 77.1 Å². The van der Waals surface area contributed by atoms with Gasteiger partial charge in [-0.25, -0.2) is 14.4 Å². The Bertz CT molecular complexity index is 1600. The van der Waals surface area contributed by atoms with Gasteiger partial charge in [0.05, 0.1) is 19.7 Å². The number of benzene rings is 2. The summed E-state index contributed by atoms with van der Waals surface area (Å²) in [6, 6.07) is 10.8. The lowest BCUT2D eigenvalue weighted by molar-refractivity contribution is -0.136. The number of likely N-dealkylation sites (tertiary alicyclic amines) is 1. The van der Waals surface area contributed by atoms with Crippen LogP contribution in [0.4, 0.5) is 10.3 Å². The number of rotatable bonds is 4. The second kappa shape index (κ2) is 15.3. The molecule has 1 aromatic heterocycles. The van der Waals surface area contributed by atoms with Crippen molar-refractivity contribution in [1.82, 2.24) is 30.4 Å². The summed E-state index contributed by atoms with van der Waals surface area (Å²) in [6.45, 7) is 3.48. The van der Waals surface area contributed by atoms with Gasteiger partial charge in [-0.2, -0.15) is 0 Å². The van der Waals surface area contributed by atoms with Gasteiger partial charge in [-0.15, -0.1) is 0 Å². The predicted molar refractivity (Wildman–Crippen MR) is 173 cm³/mol. The molecule has 2 N–H and O–H groups in total. The molecule has 2 fully saturated rings. The van der Waals surface area contributed by atoms with Crippen LogP contribution in [-0.2, 0) is 27.3 Å². The highest BCUT2D eigenvalue weighted by atomic mass is 19.1. The minimum absolute atomic E-state index is 0.0480. The van der Waals surface area contributed by atoms with E-state index in [-0.39, 0.29) is 50.2 Å². The molecule has 2 saturated heterocycles. The maximum atomic E-state index is 14.7. The Morgan fingerprint density at radius 2 is 1.81 bits per heavy atom. The zero-order valence-corrected chi connectivity index (χ0v) is 26.9. The van der Waals surface area contributed by atoms with Crippen molar-refractivity contribution in [2.75, 3.05) is 64.4 Å². The summed E-state index contributed by atoms with van der Waals surface area (Å²) in [5, 5.41) is 5.85. The monoisotopic (exact) mass is 661 g/mol. The molecule has 6 rings (SSSR count). The third-order valence-electron chi connectivity index (χ3n) is 8.75. The second-order valence-corrected chi connectivity index (χ2v) is 12.1. The topological polar surface area (TPSA) is 138 Å². The number of hydrogen-bond acceptors (Lipinski definition) is 10. The number of aryl methyl sites for hydroxylation is 1. The van der Waals surface area contributed by atoms with Crippen molar-refractivity contribution in [3.8, 4) is 17.2 Å². The molecule has 0 radical (unpaired) electrons. The first-order valence-corrected chi connectivity index (χ1v) is 16.2. The Kier molecular flexibility index (Phi) is 10.5. The molecule has 3 aliphatic heterocycles. The highest BCUT2D eigenvalue weighted by Gasteiger charge is 2.35. The van der Waals surface area contributed by atoms with E-state index in [1.165, 1.54) is 19.2 Å². The molecule has 254 valence electrons. The van der Waals surface area contributed by atoms with Gasteiger partial charge >= 0.3 is 0 Å². The van der Waals surface area contributed by atoms with Crippen molar-refractivity contribution < 1.29 is 33.0 Å². The number of aromatic nitrogens is 2. The number of halogens is 1. The fraction of sp³-hybridized carbons (Fsp3) is 0.441. The zero-order chi connectivity index (χ0) is 33.5. The Morgan fingerprint density at radius 1 is 1.00 bits per heavy atom. The van der Waals surface area contributed by atoms with Crippen molar-refractivity contribution >= 4 is 23.7 Å². The van der Waals surface area contributed by atoms with Gasteiger partial charge in [-0.1, -0.05) is 6.07 Å². The minimum atomic E-state index is -0.593. The third kappa shape index (κ3) is 8.48. The van der Waals surface area contributed by atoms with Crippen molar-refractivity contribution in [2.24, 2.45) is 0 Å². The summed E-state index contributed by atoms with van der Waals surface area (Å²) in [4.78, 5) is 54.0. The van der Waals surface area contributed by atoms with E-state index in [1.807, 2.05) is 6.07 Å². The second-order valence-electron chi connectivity index (χ2n) is 12.1. The molecule has 0 aliphatic carbocycles. The van der Waals surface area contributed by atoms with Crippen LogP contribution in [0.15, 0.2) is 54.9 Å². The first-order valence-electron chi connectivity index (χ1n) is 16.2. The standard InChI is InChI=1S/C34H40FN7O6/c1-46-29-5-3-23-4-6-31(43)38-19-24-15-25(35)18-26(16-24)48-28-7-10-42(20-27(28)39-32(44)22-47-30(29)17-23)33(45)21-40-11-13-41(14-12-40)34-36-8-2-9-37-34/h2-3,5,8-9,15-18,27-28H,4,6-7,10-14,19-22H2,1H3,(H,38,43)(H,39,44)/t27-,28-/m1/s1. The number of nitrogens with one attached hydrogen (secondary N) is 2. The fourth-order valence-corrected chi connectivity index (χ4v) is 6.18. The molecule has 0 unspecified atom stereocenters. The van der Waals surface area contributed by atoms with Crippen molar-refractivity contribution in [3.05, 3.63) is 71.8 Å². The summed E-state index contributed by atoms with van der Waals surface area (Å²) >= 11 is 0. The van der Waals surface area contributed by atoms with Gasteiger partial charge in [0.1, 0.15) is 17.7 Å². The highest BCUT2D eigenvalue weighted by molar-refractivity contribution is 5.80. The molecule has 3 aliphatic rings. The fourth-order valence-electron chi connectivity index (χ4n) is 6.18. The summed E-state index contributed by atoms with van der Waals surface area (Å²) in [7, 11) is 1.51. The molecule has 2 aromatic carbocycles. The number of methoxy groups -OCH3 is 1. The summed E-state index contributed by atoms with van der Waals surface area (Å²) in [5.74, 6) is 0.645. The van der Waals surface area contributed by atoms with Crippen molar-refractivity contribution in [1.29, 1.82) is 0 Å². The number of carbonyl (C=O) groups is 3. The molecule has 4 bridgehead atoms. The quantitative estimate of drug-likeness (QED) is 0.424. The van der Waals surface area contributed by atoms with Gasteiger partial charge in [-0.3, -0.25) is 19.3 Å². The van der Waals surface area contributed by atoms with E-state index >= 15 is 0 Å². The maximum absolute atomic E-state index is 14.7. The molecule has 3 aromatic rings. The largest absolute Gasteiger partial charge is 0.493 e. The first kappa shape index (κ1) is 32.9. The number of piperidine rings is 1. The van der Waals surface area contributed by atoms with Gasteiger partial charge in [0.15, 0.2) is 18.1 Å². The van der Waals surface area contributed by atoms with Crippen LogP contribution in [0.2, 0.25) is 0 Å². The van der Waals surface area contributed by atoms with Crippen LogP contribution in [0.1, 0.15) is 24.0 Å². The summed E-state index contributed by atoms with van der Waals surface area (Å²) in [5.41, 5.74) is 1.38. The SMILES string of the molecule is COc1ccc2cc1OCC(=O)N[C@@H]1CN(C(=O)CN3CCN(c4ncccn4)CC3)CC[C@H]1Oc1cc(F)cc(c1)CNC(=O)CC2. The normalized spacial score (nSPS) is 21.0. The predicted octanol–water partition coefficient (Wildman–Crippen LogP) is 1.55. The van der Waals surface area contributed by atoms with Crippen LogP contribution in [0.25, 0.3) is 0 Å². The number of fused-ring (bicyclic) bond motifs is 5. The van der Waals surface area contributed by atoms with Crippen molar-refractivity contribution in [2.45, 2.75) is 38.0 Å². The maximum Gasteiger partial charge on any atom is 0.258 e. The number of nitrogens with zero attached hydrogens (tertiary/aromatic N) is 5. The molecule has 13 nitrogen and oxygen atoms in total. The Hall–Kier alpha value is -4.98. The van der Waals surface area contributed by atoms with E-state index in [0.717, 1.165) is 5.56 Å². The molecule has 0 spiro atoms. The molecule has 0 saturated carbocycles. The van der Waals surface area contributed by atoms with E-state index in [0.29, 0.717) is 68.6 Å². The average molecular weight is 662 g/mol. The molecule has 48 heavy (non-hydrogen) atoms. The smallest absolute Gasteiger partial charge is 0.258 e. The number of hydrogen-bond donors (Lipinski definition) is 2. The molecule has 14 heteroatoms. The molecule has 4 heterocycles. The summed E-state index contributed by atoms with van der Waals surface area (Å²) < 4.78 is 32.2. The Labute approximate surface area is 278 Å². The average Bonchev–Trinajstić information content (AvgIpc) is 3.10. The van der Waals surface area contributed by atoms with Gasteiger partial charge in [0.25, 0.3) is 5.91 Å². The van der Waals surface area contributed by atoms with Crippen LogP contribution in [0.5, 0.6) is 17.2 Å². The van der Waals surface area contributed by atoms with E-state index < -0.39 is 23.9 Å². The molecule has 3 amide bonds. The number of piperazine rings is 1. The zero-order valence-electron chi connectivity index (χ0n) is 26.9. The van der Waals surface area contributed by atoms with Crippen molar-refractivity contribution in [3.63, 3.8) is 0 Å². The lowest BCUT2D eigenvalue weighted by Crippen LogP contribution is -2.60. The molecule has 2 atom stereocenters. The van der Waals surface area contributed by atoms with Gasteiger partial charge < -0.3 is 34.6 Å². The van der Waals surface area contributed by atoms with E-state index in [2.05, 4.69) is 30.4 Å². The number of ether oxygens (including phenoxy) is 3. The van der Waals surface area contributed by atoms with Crippen LogP contribution in [0.3, 0.4) is 0 Å². The van der Waals surface area contributed by atoms with Crippen LogP contribution >= 0.6 is 0 Å². The lowest BCUT2D eigenvalue weighted by atomic mass is 10.0. The van der Waals surface area contributed by atoms with E-state index in [1.54, 1.807) is 41.6 Å². The van der Waals surface area contributed by atoms with Crippen LogP contribution in [0, 0.1) is 5.82 Å². The minimum Gasteiger partial charge on any atom is -0.493 e. The Balaban J connectivity index is 1.16. The lowest BCUT2D eigenvalue weighted by Gasteiger charge is -2.40. The molecular formula is C34H40FN7O6. The van der Waals surface area contributed by atoms with Crippen LogP contribution in [-0.4, -0.2) is 109 Å². The Morgan fingerprint density at radius 3 is 2.60 bits per heavy atom. The number of carbonyl (C=O) groups excluding carboxylic acids is 3. The van der Waals surface area contributed by atoms with Gasteiger partial charge in [-0.05, 0) is 47.9 Å². The van der Waals surface area contributed by atoms with E-state index in [4.69, 9.17) is 14.2 Å². The summed E-state index contributed by atoms with van der Waals surface area (Å²) in [6.07, 6.45) is 3.94. The number of anilines is 1. The first-order chi connectivity index (χ1) is 23.3. The van der Waals surface area contributed by atoms with Crippen LogP contribution < -0.4 is 29.7 Å². The highest BCUT2D eigenvalue weighted by Crippen LogP contribution is 2.29.